The number of ether oxygens (including phenoxy) is 2. The Hall–Kier alpha value is -2.04. The zero-order chi connectivity index (χ0) is 11.1. The predicted octanol–water partition coefficient (Wildman–Crippen LogP) is 0.948. The van der Waals surface area contributed by atoms with E-state index in [4.69, 9.17) is 4.74 Å². The molecule has 0 aliphatic carbocycles. The van der Waals surface area contributed by atoms with Gasteiger partial charge in [0.15, 0.2) is 0 Å². The number of rotatable bonds is 3. The van der Waals surface area contributed by atoms with Crippen LogP contribution in [0.3, 0.4) is 0 Å². The van der Waals surface area contributed by atoms with E-state index in [-0.39, 0.29) is 6.54 Å². The summed E-state index contributed by atoms with van der Waals surface area (Å²) in [6.45, 7) is -0.221. The van der Waals surface area contributed by atoms with Crippen LogP contribution in [0.5, 0.6) is 5.75 Å². The minimum atomic E-state index is -0.667. The quantitative estimate of drug-likeness (QED) is 0.594. The van der Waals surface area contributed by atoms with Crippen molar-refractivity contribution in [1.29, 1.82) is 0 Å². The highest BCUT2D eigenvalue weighted by Gasteiger charge is 2.06. The van der Waals surface area contributed by atoms with E-state index in [1.807, 2.05) is 6.07 Å². The molecule has 0 radical (unpaired) electrons. The number of para-hydroxylation sites is 1. The molecule has 1 rings (SSSR count). The molecular formula is C10H11NO4. The number of hydrogen-bond donors (Lipinski definition) is 1. The number of methoxy groups -OCH3 is 1. The third kappa shape index (κ3) is 4.12. The Bertz CT molecular complexity index is 337. The van der Waals surface area contributed by atoms with Crippen LogP contribution in [0.15, 0.2) is 30.3 Å². The molecule has 1 aromatic rings. The van der Waals surface area contributed by atoms with Gasteiger partial charge >= 0.3 is 12.1 Å². The summed E-state index contributed by atoms with van der Waals surface area (Å²) in [5.74, 6) is -0.110. The molecule has 5 nitrogen and oxygen atoms in total. The first-order chi connectivity index (χ1) is 7.22. The lowest BCUT2D eigenvalue weighted by atomic mass is 10.3. The number of nitrogens with one attached hydrogen (secondary N) is 1. The van der Waals surface area contributed by atoms with Crippen LogP contribution in [0, 0.1) is 0 Å². The lowest BCUT2D eigenvalue weighted by Gasteiger charge is -2.04. The van der Waals surface area contributed by atoms with Crippen molar-refractivity contribution in [3.63, 3.8) is 0 Å². The molecule has 0 spiro atoms. The van der Waals surface area contributed by atoms with Crippen LogP contribution in [-0.4, -0.2) is 25.7 Å². The molecule has 0 saturated carbocycles. The Balaban J connectivity index is 2.34. The van der Waals surface area contributed by atoms with Gasteiger partial charge in [-0.2, -0.15) is 0 Å². The maximum atomic E-state index is 11.1. The standard InChI is InChI=1S/C10H11NO4/c1-14-10(13)11-7-9(12)15-8-5-3-2-4-6-8/h2-6H,7H2,1H3,(H,11,13). The van der Waals surface area contributed by atoms with E-state index < -0.39 is 12.1 Å². The van der Waals surface area contributed by atoms with Gasteiger partial charge < -0.3 is 14.8 Å². The van der Waals surface area contributed by atoms with Crippen LogP contribution in [-0.2, 0) is 9.53 Å². The minimum Gasteiger partial charge on any atom is -0.453 e. The monoisotopic (exact) mass is 209 g/mol. The van der Waals surface area contributed by atoms with Gasteiger partial charge in [0, 0.05) is 0 Å². The molecule has 1 aromatic carbocycles. The second-order valence-corrected chi connectivity index (χ2v) is 2.63. The van der Waals surface area contributed by atoms with E-state index in [1.54, 1.807) is 24.3 Å². The summed E-state index contributed by atoms with van der Waals surface area (Å²) in [7, 11) is 1.22. The van der Waals surface area contributed by atoms with Crippen molar-refractivity contribution in [1.82, 2.24) is 5.32 Å². The van der Waals surface area contributed by atoms with Gasteiger partial charge in [0.1, 0.15) is 12.3 Å². The van der Waals surface area contributed by atoms with Crippen LogP contribution in [0.4, 0.5) is 4.79 Å². The van der Waals surface area contributed by atoms with Crippen molar-refractivity contribution < 1.29 is 19.1 Å². The zero-order valence-electron chi connectivity index (χ0n) is 8.23. The summed E-state index contributed by atoms with van der Waals surface area (Å²) >= 11 is 0. The summed E-state index contributed by atoms with van der Waals surface area (Å²) in [4.78, 5) is 21.8. The van der Waals surface area contributed by atoms with Crippen LogP contribution in [0.2, 0.25) is 0 Å². The first kappa shape index (κ1) is 11.0. The van der Waals surface area contributed by atoms with Crippen molar-refractivity contribution in [2.45, 2.75) is 0 Å². The Kier molecular flexibility index (Phi) is 4.15. The fraction of sp³-hybridized carbons (Fsp3) is 0.200. The summed E-state index contributed by atoms with van der Waals surface area (Å²) in [6.07, 6.45) is -0.667. The molecule has 0 aliphatic heterocycles. The lowest BCUT2D eigenvalue weighted by molar-refractivity contribution is -0.133. The molecule has 15 heavy (non-hydrogen) atoms. The third-order valence-corrected chi connectivity index (χ3v) is 1.54. The van der Waals surface area contributed by atoms with Gasteiger partial charge in [-0.1, -0.05) is 18.2 Å². The van der Waals surface area contributed by atoms with Gasteiger partial charge in [-0.15, -0.1) is 0 Å². The molecule has 1 amide bonds. The molecule has 0 aromatic heterocycles. The van der Waals surface area contributed by atoms with Crippen molar-refractivity contribution in [3.8, 4) is 5.75 Å². The third-order valence-electron chi connectivity index (χ3n) is 1.54. The molecule has 0 fully saturated rings. The zero-order valence-corrected chi connectivity index (χ0v) is 8.23. The summed E-state index contributed by atoms with van der Waals surface area (Å²) < 4.78 is 9.19. The van der Waals surface area contributed by atoms with Gasteiger partial charge in [0.25, 0.3) is 0 Å². The second kappa shape index (κ2) is 5.64. The maximum absolute atomic E-state index is 11.1. The molecule has 0 heterocycles. The molecular weight excluding hydrogens is 198 g/mol. The first-order valence-corrected chi connectivity index (χ1v) is 4.30. The largest absolute Gasteiger partial charge is 0.453 e. The van der Waals surface area contributed by atoms with E-state index in [2.05, 4.69) is 10.1 Å². The Morgan fingerprint density at radius 3 is 2.53 bits per heavy atom. The molecule has 5 heteroatoms. The van der Waals surface area contributed by atoms with E-state index in [0.29, 0.717) is 5.75 Å². The van der Waals surface area contributed by atoms with Crippen molar-refractivity contribution in [3.05, 3.63) is 30.3 Å². The highest BCUT2D eigenvalue weighted by molar-refractivity contribution is 5.79. The van der Waals surface area contributed by atoms with Gasteiger partial charge in [-0.25, -0.2) is 9.59 Å². The molecule has 0 unspecified atom stereocenters. The topological polar surface area (TPSA) is 64.6 Å². The van der Waals surface area contributed by atoms with Crippen molar-refractivity contribution >= 4 is 12.1 Å². The normalized spacial score (nSPS) is 9.13. The summed E-state index contributed by atoms with van der Waals surface area (Å²) in [6, 6.07) is 8.60. The number of hydrogen-bond acceptors (Lipinski definition) is 4. The van der Waals surface area contributed by atoms with Crippen molar-refractivity contribution in [2.75, 3.05) is 13.7 Å². The second-order valence-electron chi connectivity index (χ2n) is 2.63. The summed E-state index contributed by atoms with van der Waals surface area (Å²) in [5.41, 5.74) is 0. The van der Waals surface area contributed by atoms with E-state index in [9.17, 15) is 9.59 Å². The minimum absolute atomic E-state index is 0.221. The molecule has 1 N–H and O–H groups in total. The van der Waals surface area contributed by atoms with Crippen LogP contribution >= 0.6 is 0 Å². The number of amides is 1. The summed E-state index contributed by atoms with van der Waals surface area (Å²) in [5, 5.41) is 2.22. The average Bonchev–Trinajstić information content (AvgIpc) is 2.27. The number of carbonyl (C=O) groups excluding carboxylic acids is 2. The number of esters is 1. The maximum Gasteiger partial charge on any atom is 0.407 e. The Morgan fingerprint density at radius 1 is 1.27 bits per heavy atom. The van der Waals surface area contributed by atoms with Crippen molar-refractivity contribution in [2.24, 2.45) is 0 Å². The highest BCUT2D eigenvalue weighted by Crippen LogP contribution is 2.07. The fourth-order valence-corrected chi connectivity index (χ4v) is 0.873. The van der Waals surface area contributed by atoms with Gasteiger partial charge in [-0.3, -0.25) is 0 Å². The van der Waals surface area contributed by atoms with Gasteiger partial charge in [0.05, 0.1) is 7.11 Å². The SMILES string of the molecule is COC(=O)NCC(=O)Oc1ccccc1. The lowest BCUT2D eigenvalue weighted by Crippen LogP contribution is -2.31. The number of alkyl carbamates (subject to hydrolysis) is 1. The fourth-order valence-electron chi connectivity index (χ4n) is 0.873. The van der Waals surface area contributed by atoms with Crippen LogP contribution in [0.1, 0.15) is 0 Å². The molecule has 0 atom stereocenters. The average molecular weight is 209 g/mol. The Morgan fingerprint density at radius 2 is 1.93 bits per heavy atom. The van der Waals surface area contributed by atoms with E-state index >= 15 is 0 Å². The highest BCUT2D eigenvalue weighted by atomic mass is 16.5. The van der Waals surface area contributed by atoms with Crippen LogP contribution in [0.25, 0.3) is 0 Å². The molecule has 0 bridgehead atoms. The smallest absolute Gasteiger partial charge is 0.407 e. The predicted molar refractivity (Wildman–Crippen MR) is 52.5 cm³/mol. The molecule has 0 saturated heterocycles. The molecule has 80 valence electrons. The number of benzene rings is 1. The van der Waals surface area contributed by atoms with Gasteiger partial charge in [-0.05, 0) is 12.1 Å². The number of carbonyl (C=O) groups is 2. The van der Waals surface area contributed by atoms with E-state index in [0.717, 1.165) is 0 Å². The Labute approximate surface area is 87.0 Å². The van der Waals surface area contributed by atoms with E-state index in [1.165, 1.54) is 7.11 Å². The first-order valence-electron chi connectivity index (χ1n) is 4.30. The van der Waals surface area contributed by atoms with Gasteiger partial charge in [0.2, 0.25) is 0 Å². The molecule has 0 aliphatic rings. The van der Waals surface area contributed by atoms with Crippen LogP contribution < -0.4 is 10.1 Å².